The topological polar surface area (TPSA) is 61.4 Å². The molecule has 0 aromatic heterocycles. The van der Waals surface area contributed by atoms with Gasteiger partial charge < -0.3 is 15.7 Å². The summed E-state index contributed by atoms with van der Waals surface area (Å²) in [5.41, 5.74) is 0. The molecule has 0 aromatic carbocycles. The molecule has 1 rings (SSSR count). The van der Waals surface area contributed by atoms with Gasteiger partial charge in [0.05, 0.1) is 6.10 Å². The van der Waals surface area contributed by atoms with E-state index in [1.54, 1.807) is 0 Å². The number of halogens is 1. The molecular formula is C13H27ClN2O2. The van der Waals surface area contributed by atoms with Gasteiger partial charge in [0.1, 0.15) is 0 Å². The second kappa shape index (κ2) is 9.59. The minimum atomic E-state index is -0.412. The average molecular weight is 279 g/mol. The monoisotopic (exact) mass is 278 g/mol. The van der Waals surface area contributed by atoms with Crippen molar-refractivity contribution >= 4 is 18.3 Å². The normalized spacial score (nSPS) is 20.6. The SMILES string of the molecule is CCC(CC)C(O)CNC(=O)CC1CCCN1.Cl. The maximum Gasteiger partial charge on any atom is 0.221 e. The van der Waals surface area contributed by atoms with E-state index in [1.165, 1.54) is 0 Å². The number of nitrogens with one attached hydrogen (secondary N) is 2. The Bertz CT molecular complexity index is 229. The number of aliphatic hydroxyl groups is 1. The largest absolute Gasteiger partial charge is 0.391 e. The Morgan fingerprint density at radius 2 is 2.11 bits per heavy atom. The van der Waals surface area contributed by atoms with Crippen molar-refractivity contribution in [2.45, 2.75) is 58.1 Å². The number of aliphatic hydroxyl groups excluding tert-OH is 1. The van der Waals surface area contributed by atoms with Crippen molar-refractivity contribution in [3.05, 3.63) is 0 Å². The fourth-order valence-electron chi connectivity index (χ4n) is 2.44. The summed E-state index contributed by atoms with van der Waals surface area (Å²) in [7, 11) is 0. The zero-order valence-corrected chi connectivity index (χ0v) is 12.3. The summed E-state index contributed by atoms with van der Waals surface area (Å²) in [4.78, 5) is 11.6. The van der Waals surface area contributed by atoms with Gasteiger partial charge >= 0.3 is 0 Å². The van der Waals surface area contributed by atoms with Crippen LogP contribution in [0.4, 0.5) is 0 Å². The molecule has 1 fully saturated rings. The molecule has 2 unspecified atom stereocenters. The number of amides is 1. The molecule has 0 bridgehead atoms. The van der Waals surface area contributed by atoms with Crippen molar-refractivity contribution < 1.29 is 9.90 Å². The van der Waals surface area contributed by atoms with E-state index in [-0.39, 0.29) is 18.3 Å². The van der Waals surface area contributed by atoms with Crippen molar-refractivity contribution in [2.75, 3.05) is 13.1 Å². The van der Waals surface area contributed by atoms with Crippen LogP contribution in [0.5, 0.6) is 0 Å². The van der Waals surface area contributed by atoms with E-state index in [9.17, 15) is 9.90 Å². The molecule has 18 heavy (non-hydrogen) atoms. The minimum absolute atomic E-state index is 0. The maximum atomic E-state index is 11.6. The molecule has 0 saturated carbocycles. The van der Waals surface area contributed by atoms with E-state index >= 15 is 0 Å². The number of hydrogen-bond acceptors (Lipinski definition) is 3. The molecule has 2 atom stereocenters. The Kier molecular flexibility index (Phi) is 9.42. The van der Waals surface area contributed by atoms with E-state index in [4.69, 9.17) is 0 Å². The van der Waals surface area contributed by atoms with E-state index < -0.39 is 6.10 Å². The summed E-state index contributed by atoms with van der Waals surface area (Å²) in [5.74, 6) is 0.342. The first-order valence-electron chi connectivity index (χ1n) is 6.85. The fourth-order valence-corrected chi connectivity index (χ4v) is 2.44. The van der Waals surface area contributed by atoms with Crippen LogP contribution in [0, 0.1) is 5.92 Å². The van der Waals surface area contributed by atoms with Crippen LogP contribution in [-0.2, 0) is 4.79 Å². The standard InChI is InChI=1S/C13H26N2O2.ClH/c1-3-10(4-2)12(16)9-15-13(17)8-11-6-5-7-14-11;/h10-12,14,16H,3-9H2,1-2H3,(H,15,17);1H. The smallest absolute Gasteiger partial charge is 0.221 e. The zero-order valence-electron chi connectivity index (χ0n) is 11.4. The molecule has 0 radical (unpaired) electrons. The number of rotatable bonds is 7. The number of hydrogen-bond donors (Lipinski definition) is 3. The zero-order chi connectivity index (χ0) is 12.7. The first-order valence-corrected chi connectivity index (χ1v) is 6.85. The summed E-state index contributed by atoms with van der Waals surface area (Å²) in [6, 6.07) is 0.334. The summed E-state index contributed by atoms with van der Waals surface area (Å²) < 4.78 is 0. The van der Waals surface area contributed by atoms with Gasteiger partial charge in [-0.2, -0.15) is 0 Å². The van der Waals surface area contributed by atoms with Crippen LogP contribution in [0.3, 0.4) is 0 Å². The van der Waals surface area contributed by atoms with Crippen molar-refractivity contribution in [1.29, 1.82) is 0 Å². The van der Waals surface area contributed by atoms with Gasteiger partial charge in [0.25, 0.3) is 0 Å². The van der Waals surface area contributed by atoms with Gasteiger partial charge in [0.2, 0.25) is 5.91 Å². The summed E-state index contributed by atoms with van der Waals surface area (Å²) in [5, 5.41) is 16.0. The van der Waals surface area contributed by atoms with Gasteiger partial charge in [0, 0.05) is 19.0 Å². The van der Waals surface area contributed by atoms with Crippen molar-refractivity contribution in [2.24, 2.45) is 5.92 Å². The molecule has 5 heteroatoms. The van der Waals surface area contributed by atoms with Gasteiger partial charge in [-0.3, -0.25) is 4.79 Å². The Morgan fingerprint density at radius 1 is 1.44 bits per heavy atom. The highest BCUT2D eigenvalue weighted by Gasteiger charge is 2.19. The molecule has 1 aliphatic rings. The second-order valence-corrected chi connectivity index (χ2v) is 4.95. The third-order valence-electron chi connectivity index (χ3n) is 3.70. The third kappa shape index (κ3) is 6.03. The first kappa shape index (κ1) is 17.7. The van der Waals surface area contributed by atoms with E-state index in [0.717, 1.165) is 32.2 Å². The summed E-state index contributed by atoms with van der Waals surface area (Å²) in [6.45, 7) is 5.55. The predicted molar refractivity (Wildman–Crippen MR) is 76.0 cm³/mol. The van der Waals surface area contributed by atoms with Gasteiger partial charge in [-0.25, -0.2) is 0 Å². The predicted octanol–water partition coefficient (Wildman–Crippen LogP) is 1.46. The molecular weight excluding hydrogens is 252 g/mol. The molecule has 1 aliphatic heterocycles. The Morgan fingerprint density at radius 3 is 2.61 bits per heavy atom. The second-order valence-electron chi connectivity index (χ2n) is 4.95. The van der Waals surface area contributed by atoms with Crippen LogP contribution in [0.2, 0.25) is 0 Å². The van der Waals surface area contributed by atoms with Crippen LogP contribution in [0.1, 0.15) is 46.0 Å². The third-order valence-corrected chi connectivity index (χ3v) is 3.70. The highest BCUT2D eigenvalue weighted by Crippen LogP contribution is 2.12. The lowest BCUT2D eigenvalue weighted by Crippen LogP contribution is -2.38. The van der Waals surface area contributed by atoms with Crippen LogP contribution in [0.25, 0.3) is 0 Å². The lowest BCUT2D eigenvalue weighted by atomic mass is 9.96. The summed E-state index contributed by atoms with van der Waals surface area (Å²) in [6.07, 6.45) is 4.28. The Labute approximate surface area is 116 Å². The molecule has 3 N–H and O–H groups in total. The number of carbonyl (C=O) groups is 1. The molecule has 4 nitrogen and oxygen atoms in total. The highest BCUT2D eigenvalue weighted by atomic mass is 35.5. The molecule has 108 valence electrons. The molecule has 0 aromatic rings. The van der Waals surface area contributed by atoms with E-state index in [2.05, 4.69) is 24.5 Å². The molecule has 0 spiro atoms. The van der Waals surface area contributed by atoms with Crippen molar-refractivity contribution in [3.63, 3.8) is 0 Å². The van der Waals surface area contributed by atoms with Crippen LogP contribution in [0.15, 0.2) is 0 Å². The van der Waals surface area contributed by atoms with Crippen LogP contribution < -0.4 is 10.6 Å². The van der Waals surface area contributed by atoms with E-state index in [0.29, 0.717) is 24.9 Å². The molecule has 1 amide bonds. The fraction of sp³-hybridized carbons (Fsp3) is 0.923. The molecule has 1 saturated heterocycles. The van der Waals surface area contributed by atoms with E-state index in [1.807, 2.05) is 0 Å². The van der Waals surface area contributed by atoms with Gasteiger partial charge in [-0.1, -0.05) is 26.7 Å². The Balaban J connectivity index is 0.00000289. The average Bonchev–Trinajstić information content (AvgIpc) is 2.81. The van der Waals surface area contributed by atoms with Crippen LogP contribution >= 0.6 is 12.4 Å². The lowest BCUT2D eigenvalue weighted by Gasteiger charge is -2.20. The van der Waals surface area contributed by atoms with Crippen molar-refractivity contribution in [3.8, 4) is 0 Å². The van der Waals surface area contributed by atoms with Crippen LogP contribution in [-0.4, -0.2) is 36.2 Å². The molecule has 1 heterocycles. The van der Waals surface area contributed by atoms with Crippen molar-refractivity contribution in [1.82, 2.24) is 10.6 Å². The highest BCUT2D eigenvalue weighted by molar-refractivity contribution is 5.85. The minimum Gasteiger partial charge on any atom is -0.391 e. The maximum absolute atomic E-state index is 11.6. The number of carbonyl (C=O) groups excluding carboxylic acids is 1. The van der Waals surface area contributed by atoms with Gasteiger partial charge in [0.15, 0.2) is 0 Å². The lowest BCUT2D eigenvalue weighted by molar-refractivity contribution is -0.122. The Hall–Kier alpha value is -0.320. The van der Waals surface area contributed by atoms with Gasteiger partial charge in [-0.05, 0) is 25.3 Å². The van der Waals surface area contributed by atoms with Gasteiger partial charge in [-0.15, -0.1) is 12.4 Å². The summed E-state index contributed by atoms with van der Waals surface area (Å²) >= 11 is 0. The molecule has 0 aliphatic carbocycles. The first-order chi connectivity index (χ1) is 8.17. The quantitative estimate of drug-likeness (QED) is 0.661.